The maximum Gasteiger partial charge on any atom is 0.255 e. The molecule has 1 saturated heterocycles. The molecule has 6 nitrogen and oxygen atoms in total. The van der Waals surface area contributed by atoms with Crippen molar-refractivity contribution in [2.45, 2.75) is 0 Å². The lowest BCUT2D eigenvalue weighted by atomic mass is 10.1. The van der Waals surface area contributed by atoms with Gasteiger partial charge in [0.05, 0.1) is 16.8 Å². The lowest BCUT2D eigenvalue weighted by molar-refractivity contribution is 0.0746. The first-order valence-electron chi connectivity index (χ1n) is 8.49. The van der Waals surface area contributed by atoms with Gasteiger partial charge in [-0.25, -0.2) is 0 Å². The Balaban J connectivity index is 1.40. The molecule has 1 aromatic carbocycles. The van der Waals surface area contributed by atoms with Gasteiger partial charge in [-0.05, 0) is 42.5 Å². The van der Waals surface area contributed by atoms with Crippen molar-refractivity contribution in [3.8, 4) is 11.5 Å². The van der Waals surface area contributed by atoms with Gasteiger partial charge in [0.25, 0.3) is 5.91 Å². The fraction of sp³-hybridized carbons (Fsp3) is 0.211. The predicted octanol–water partition coefficient (Wildman–Crippen LogP) is 4.01. The Labute approximate surface area is 166 Å². The van der Waals surface area contributed by atoms with E-state index in [9.17, 15) is 4.79 Å². The number of aromatic nitrogens is 2. The molecule has 0 spiro atoms. The van der Waals surface area contributed by atoms with Crippen molar-refractivity contribution in [3.63, 3.8) is 0 Å². The predicted molar refractivity (Wildman–Crippen MR) is 104 cm³/mol. The van der Waals surface area contributed by atoms with Gasteiger partial charge in [-0.2, -0.15) is 0 Å². The Hall–Kier alpha value is -2.57. The third-order valence-electron chi connectivity index (χ3n) is 4.48. The van der Waals surface area contributed by atoms with Gasteiger partial charge in [-0.3, -0.25) is 4.79 Å². The zero-order chi connectivity index (χ0) is 18.8. The van der Waals surface area contributed by atoms with E-state index in [0.29, 0.717) is 53.2 Å². The smallest absolute Gasteiger partial charge is 0.255 e. The zero-order valence-corrected chi connectivity index (χ0v) is 15.8. The van der Waals surface area contributed by atoms with Crippen LogP contribution in [0.1, 0.15) is 10.4 Å². The van der Waals surface area contributed by atoms with Crippen molar-refractivity contribution in [3.05, 3.63) is 64.3 Å². The van der Waals surface area contributed by atoms with Crippen LogP contribution in [0.4, 0.5) is 5.82 Å². The number of hydrogen-bond donors (Lipinski definition) is 0. The largest absolute Gasteiger partial charge is 0.463 e. The number of benzene rings is 1. The van der Waals surface area contributed by atoms with E-state index in [1.807, 2.05) is 24.3 Å². The molecule has 0 unspecified atom stereocenters. The minimum absolute atomic E-state index is 0.0874. The number of amides is 1. The Morgan fingerprint density at radius 3 is 2.44 bits per heavy atom. The van der Waals surface area contributed by atoms with Crippen molar-refractivity contribution in [2.75, 3.05) is 31.1 Å². The summed E-state index contributed by atoms with van der Waals surface area (Å²) in [5, 5.41) is 9.39. The molecule has 1 amide bonds. The summed E-state index contributed by atoms with van der Waals surface area (Å²) in [6, 6.07) is 12.4. The molecule has 0 radical (unpaired) electrons. The quantitative estimate of drug-likeness (QED) is 0.662. The van der Waals surface area contributed by atoms with Crippen LogP contribution in [0.2, 0.25) is 10.0 Å². The first-order valence-corrected chi connectivity index (χ1v) is 9.24. The normalized spacial score (nSPS) is 14.4. The van der Waals surface area contributed by atoms with Crippen molar-refractivity contribution >= 4 is 34.9 Å². The maximum absolute atomic E-state index is 12.7. The van der Waals surface area contributed by atoms with Gasteiger partial charge in [0.1, 0.15) is 5.69 Å². The summed E-state index contributed by atoms with van der Waals surface area (Å²) >= 11 is 12.1. The first-order chi connectivity index (χ1) is 13.1. The highest BCUT2D eigenvalue weighted by atomic mass is 35.5. The van der Waals surface area contributed by atoms with Gasteiger partial charge < -0.3 is 14.2 Å². The summed E-state index contributed by atoms with van der Waals surface area (Å²) in [5.74, 6) is 1.38. The second kappa shape index (κ2) is 7.58. The zero-order valence-electron chi connectivity index (χ0n) is 14.3. The Morgan fingerprint density at radius 1 is 1.00 bits per heavy atom. The fourth-order valence-corrected chi connectivity index (χ4v) is 3.51. The van der Waals surface area contributed by atoms with Crippen LogP contribution in [0.5, 0.6) is 0 Å². The van der Waals surface area contributed by atoms with Crippen LogP contribution in [0.3, 0.4) is 0 Å². The highest BCUT2D eigenvalue weighted by molar-refractivity contribution is 6.36. The van der Waals surface area contributed by atoms with Crippen LogP contribution >= 0.6 is 23.2 Å². The van der Waals surface area contributed by atoms with E-state index < -0.39 is 0 Å². The minimum Gasteiger partial charge on any atom is -0.463 e. The third kappa shape index (κ3) is 3.77. The fourth-order valence-electron chi connectivity index (χ4n) is 3.02. The van der Waals surface area contributed by atoms with Crippen LogP contribution in [-0.2, 0) is 0 Å². The Kier molecular flexibility index (Phi) is 5.01. The molecule has 1 aliphatic rings. The molecule has 3 aromatic rings. The average Bonchev–Trinajstić information content (AvgIpc) is 3.23. The van der Waals surface area contributed by atoms with E-state index in [1.165, 1.54) is 0 Å². The van der Waals surface area contributed by atoms with Gasteiger partial charge >= 0.3 is 0 Å². The SMILES string of the molecule is O=C(c1ccc(Cl)cc1Cl)N1CCN(c2ccc(-c3ccco3)nn2)CC1. The molecule has 8 heteroatoms. The molecular weight excluding hydrogens is 387 g/mol. The molecule has 1 aliphatic heterocycles. The topological polar surface area (TPSA) is 62.5 Å². The summed E-state index contributed by atoms with van der Waals surface area (Å²) < 4.78 is 5.33. The number of halogens is 2. The van der Waals surface area contributed by atoms with E-state index in [0.717, 1.165) is 5.82 Å². The molecule has 1 fully saturated rings. The number of nitrogens with zero attached hydrogens (tertiary/aromatic N) is 4. The maximum atomic E-state index is 12.7. The molecule has 0 aliphatic carbocycles. The number of rotatable bonds is 3. The van der Waals surface area contributed by atoms with Gasteiger partial charge in [0, 0.05) is 31.2 Å². The van der Waals surface area contributed by atoms with E-state index >= 15 is 0 Å². The van der Waals surface area contributed by atoms with Crippen molar-refractivity contribution in [1.82, 2.24) is 15.1 Å². The number of carbonyl (C=O) groups is 1. The number of carbonyl (C=O) groups excluding carboxylic acids is 1. The van der Waals surface area contributed by atoms with Crippen molar-refractivity contribution in [1.29, 1.82) is 0 Å². The average molecular weight is 403 g/mol. The highest BCUT2D eigenvalue weighted by Gasteiger charge is 2.24. The van der Waals surface area contributed by atoms with Crippen LogP contribution in [0, 0.1) is 0 Å². The molecule has 0 bridgehead atoms. The lowest BCUT2D eigenvalue weighted by Gasteiger charge is -2.35. The second-order valence-corrected chi connectivity index (χ2v) is 7.00. The van der Waals surface area contributed by atoms with E-state index in [2.05, 4.69) is 15.1 Å². The summed E-state index contributed by atoms with van der Waals surface area (Å²) in [6.07, 6.45) is 1.61. The summed E-state index contributed by atoms with van der Waals surface area (Å²) in [7, 11) is 0. The molecule has 0 saturated carbocycles. The number of furan rings is 1. The van der Waals surface area contributed by atoms with Gasteiger partial charge in [-0.15, -0.1) is 10.2 Å². The van der Waals surface area contributed by atoms with E-state index in [-0.39, 0.29) is 5.91 Å². The Morgan fingerprint density at radius 2 is 1.81 bits per heavy atom. The number of piperazine rings is 1. The minimum atomic E-state index is -0.0874. The van der Waals surface area contributed by atoms with Crippen molar-refractivity contribution in [2.24, 2.45) is 0 Å². The lowest BCUT2D eigenvalue weighted by Crippen LogP contribution is -2.49. The van der Waals surface area contributed by atoms with Crippen LogP contribution in [0.15, 0.2) is 53.1 Å². The molecule has 2 aromatic heterocycles. The molecule has 4 rings (SSSR count). The van der Waals surface area contributed by atoms with Gasteiger partial charge in [-0.1, -0.05) is 23.2 Å². The second-order valence-electron chi connectivity index (χ2n) is 6.16. The molecule has 0 N–H and O–H groups in total. The standard InChI is InChI=1S/C19H16Cl2N4O2/c20-13-3-4-14(15(21)12-13)19(26)25-9-7-24(8-10-25)18-6-5-16(22-23-18)17-2-1-11-27-17/h1-6,11-12H,7-10H2. The van der Waals surface area contributed by atoms with Crippen LogP contribution < -0.4 is 4.90 Å². The van der Waals surface area contributed by atoms with Crippen LogP contribution in [-0.4, -0.2) is 47.2 Å². The molecule has 138 valence electrons. The van der Waals surface area contributed by atoms with E-state index in [4.69, 9.17) is 27.6 Å². The Bertz CT molecular complexity index is 937. The first kappa shape index (κ1) is 17.8. The third-order valence-corrected chi connectivity index (χ3v) is 5.02. The van der Waals surface area contributed by atoms with E-state index in [1.54, 1.807) is 29.4 Å². The number of anilines is 1. The van der Waals surface area contributed by atoms with Gasteiger partial charge in [0.15, 0.2) is 11.6 Å². The molecule has 27 heavy (non-hydrogen) atoms. The molecular formula is C19H16Cl2N4O2. The summed E-state index contributed by atoms with van der Waals surface area (Å²) in [5.41, 5.74) is 1.16. The van der Waals surface area contributed by atoms with Crippen LogP contribution in [0.25, 0.3) is 11.5 Å². The molecule has 3 heterocycles. The highest BCUT2D eigenvalue weighted by Crippen LogP contribution is 2.24. The number of hydrogen-bond acceptors (Lipinski definition) is 5. The summed E-state index contributed by atoms with van der Waals surface area (Å²) in [4.78, 5) is 16.6. The van der Waals surface area contributed by atoms with Gasteiger partial charge in [0.2, 0.25) is 0 Å². The monoisotopic (exact) mass is 402 g/mol. The summed E-state index contributed by atoms with van der Waals surface area (Å²) in [6.45, 7) is 2.51. The molecule has 0 atom stereocenters. The van der Waals surface area contributed by atoms with Crippen molar-refractivity contribution < 1.29 is 9.21 Å².